The summed E-state index contributed by atoms with van der Waals surface area (Å²) in [5, 5.41) is 7.83. The largest absolute Gasteiger partial charge is 0.481 e. The van der Waals surface area contributed by atoms with E-state index in [-0.39, 0.29) is 6.42 Å². The third-order valence-corrected chi connectivity index (χ3v) is 3.44. The number of hydrogen-bond donors (Lipinski definition) is 2. The van der Waals surface area contributed by atoms with Gasteiger partial charge in [0.1, 0.15) is 10.7 Å². The minimum absolute atomic E-state index is 0.272. The summed E-state index contributed by atoms with van der Waals surface area (Å²) in [5.41, 5.74) is 0. The van der Waals surface area contributed by atoms with E-state index in [0.717, 1.165) is 32.1 Å². The van der Waals surface area contributed by atoms with Crippen LogP contribution in [0.25, 0.3) is 0 Å². The summed E-state index contributed by atoms with van der Waals surface area (Å²) in [6, 6.07) is 0. The van der Waals surface area contributed by atoms with Crippen LogP contribution in [0.15, 0.2) is 12.7 Å². The lowest BCUT2D eigenvalue weighted by Crippen LogP contribution is -2.15. The van der Waals surface area contributed by atoms with Crippen molar-refractivity contribution in [1.29, 1.82) is 0 Å². The summed E-state index contributed by atoms with van der Waals surface area (Å²) in [5.74, 6) is -1.05. The van der Waals surface area contributed by atoms with E-state index in [0.29, 0.717) is 6.42 Å². The Balaban J connectivity index is 3.68. The number of carbonyl (C=O) groups is 1. The molecule has 1 N–H and O–H groups in total. The third kappa shape index (κ3) is 8.47. The summed E-state index contributed by atoms with van der Waals surface area (Å²) in [6.07, 6.45) is 6.87. The van der Waals surface area contributed by atoms with E-state index in [2.05, 4.69) is 6.58 Å². The van der Waals surface area contributed by atoms with Crippen LogP contribution in [0.2, 0.25) is 0 Å². The molecule has 4 nitrogen and oxygen atoms in total. The van der Waals surface area contributed by atoms with Crippen molar-refractivity contribution >= 4 is 16.7 Å². The first kappa shape index (κ1) is 15.2. The highest BCUT2D eigenvalue weighted by Gasteiger charge is 2.15. The maximum atomic E-state index is 10.8. The zero-order chi connectivity index (χ0) is 12.4. The monoisotopic (exact) mass is 248 g/mol. The molecular weight excluding hydrogens is 228 g/mol. The van der Waals surface area contributed by atoms with Crippen molar-refractivity contribution in [2.75, 3.05) is 0 Å². The van der Waals surface area contributed by atoms with Crippen molar-refractivity contribution in [2.45, 2.75) is 50.2 Å². The van der Waals surface area contributed by atoms with Crippen LogP contribution < -0.4 is 0 Å². The summed E-state index contributed by atoms with van der Waals surface area (Å²) >= 11 is 0. The van der Waals surface area contributed by atoms with Gasteiger partial charge in [0.05, 0.1) is 11.7 Å². The molecule has 0 fully saturated rings. The first-order valence-corrected chi connectivity index (χ1v) is 6.78. The maximum Gasteiger partial charge on any atom is 0.304 e. The zero-order valence-electron chi connectivity index (χ0n) is 9.43. The van der Waals surface area contributed by atoms with Crippen molar-refractivity contribution in [3.05, 3.63) is 12.7 Å². The van der Waals surface area contributed by atoms with Crippen LogP contribution in [-0.2, 0) is 15.5 Å². The number of thiol groups is 1. The Morgan fingerprint density at radius 3 is 2.38 bits per heavy atom. The Bertz CT molecular complexity index is 276. The normalized spacial score (nSPS) is 12.6. The molecule has 0 radical (unpaired) electrons. The highest BCUT2D eigenvalue weighted by Crippen LogP contribution is 2.11. The quantitative estimate of drug-likeness (QED) is 0.352. The lowest BCUT2D eigenvalue weighted by molar-refractivity contribution is -0.137. The molecule has 0 aromatic heterocycles. The Kier molecular flexibility index (Phi) is 8.90. The fraction of sp³-hybridized carbons (Fsp3) is 0.727. The fourth-order valence-corrected chi connectivity index (χ4v) is 2.20. The van der Waals surface area contributed by atoms with Gasteiger partial charge in [-0.1, -0.05) is 25.3 Å². The molecule has 16 heavy (non-hydrogen) atoms. The molecule has 0 saturated heterocycles. The fourth-order valence-electron chi connectivity index (χ4n) is 1.51. The molecule has 0 aliphatic heterocycles. The predicted octanol–water partition coefficient (Wildman–Crippen LogP) is 1.97. The van der Waals surface area contributed by atoms with E-state index in [9.17, 15) is 13.2 Å². The van der Waals surface area contributed by atoms with Gasteiger partial charge >= 0.3 is 5.97 Å². The van der Waals surface area contributed by atoms with Crippen LogP contribution in [0.5, 0.6) is 0 Å². The van der Waals surface area contributed by atoms with Gasteiger partial charge in [0.25, 0.3) is 0 Å². The van der Waals surface area contributed by atoms with Crippen molar-refractivity contribution in [2.24, 2.45) is 0 Å². The topological polar surface area (TPSA) is 71.4 Å². The smallest absolute Gasteiger partial charge is 0.304 e. The Labute approximate surface area is 98.3 Å². The van der Waals surface area contributed by atoms with E-state index >= 15 is 0 Å². The molecular formula is C11H20O4S. The number of aliphatic carboxylic acids is 1. The SMILES string of the molecule is C=CCCCCCCC(CC(=O)O)[SH](=O)=O. The van der Waals surface area contributed by atoms with Crippen LogP contribution >= 0.6 is 0 Å². The standard InChI is InChI=1S/C11H20O4S/c1-2-3-4-5-6-7-8-10(16(14)15)9-11(12)13/h2,10,16H,1,3-9H2,(H,12,13). The average molecular weight is 248 g/mol. The first-order valence-electron chi connectivity index (χ1n) is 5.54. The molecule has 1 atom stereocenters. The minimum atomic E-state index is -2.62. The summed E-state index contributed by atoms with van der Waals surface area (Å²) < 4.78 is 21.5. The zero-order valence-corrected chi connectivity index (χ0v) is 10.3. The first-order chi connectivity index (χ1) is 7.57. The Hall–Kier alpha value is -0.840. The van der Waals surface area contributed by atoms with Gasteiger partial charge in [-0.25, -0.2) is 8.42 Å². The van der Waals surface area contributed by atoms with Gasteiger partial charge in [0.15, 0.2) is 0 Å². The number of carboxylic acids is 1. The van der Waals surface area contributed by atoms with Gasteiger partial charge in [-0.05, 0) is 19.3 Å². The lowest BCUT2D eigenvalue weighted by atomic mass is 10.1. The van der Waals surface area contributed by atoms with Crippen LogP contribution in [0.3, 0.4) is 0 Å². The molecule has 0 spiro atoms. The van der Waals surface area contributed by atoms with Gasteiger partial charge in [-0.15, -0.1) is 6.58 Å². The second-order valence-corrected chi connectivity index (χ2v) is 5.12. The molecule has 0 aliphatic carbocycles. The molecule has 0 rings (SSSR count). The molecule has 0 aromatic rings. The second kappa shape index (κ2) is 9.39. The molecule has 0 saturated carbocycles. The number of rotatable bonds is 10. The highest BCUT2D eigenvalue weighted by atomic mass is 32.2. The third-order valence-electron chi connectivity index (χ3n) is 2.40. The average Bonchev–Trinajstić information content (AvgIpc) is 2.20. The van der Waals surface area contributed by atoms with Crippen LogP contribution in [0, 0.1) is 0 Å². The predicted molar refractivity (Wildman–Crippen MR) is 64.3 cm³/mol. The van der Waals surface area contributed by atoms with Crippen molar-refractivity contribution < 1.29 is 18.3 Å². The summed E-state index contributed by atoms with van der Waals surface area (Å²) in [7, 11) is -2.62. The molecule has 1 unspecified atom stereocenters. The van der Waals surface area contributed by atoms with E-state index in [1.54, 1.807) is 0 Å². The van der Waals surface area contributed by atoms with Crippen LogP contribution in [0.4, 0.5) is 0 Å². The summed E-state index contributed by atoms with van der Waals surface area (Å²) in [4.78, 5) is 10.4. The van der Waals surface area contributed by atoms with E-state index in [1.165, 1.54) is 0 Å². The van der Waals surface area contributed by atoms with Crippen molar-refractivity contribution in [1.82, 2.24) is 0 Å². The minimum Gasteiger partial charge on any atom is -0.481 e. The highest BCUT2D eigenvalue weighted by molar-refractivity contribution is 7.73. The van der Waals surface area contributed by atoms with Gasteiger partial charge in [0.2, 0.25) is 0 Å². The van der Waals surface area contributed by atoms with E-state index in [1.807, 2.05) is 6.08 Å². The molecule has 94 valence electrons. The van der Waals surface area contributed by atoms with Gasteiger partial charge in [0, 0.05) is 0 Å². The molecule has 5 heteroatoms. The molecule has 0 aliphatic rings. The number of unbranched alkanes of at least 4 members (excludes halogenated alkanes) is 4. The molecule has 0 aromatic carbocycles. The number of allylic oxidation sites excluding steroid dienone is 1. The molecule has 0 amide bonds. The van der Waals surface area contributed by atoms with E-state index in [4.69, 9.17) is 5.11 Å². The second-order valence-electron chi connectivity index (χ2n) is 3.82. The van der Waals surface area contributed by atoms with Gasteiger partial charge < -0.3 is 5.11 Å². The maximum absolute atomic E-state index is 10.8. The Morgan fingerprint density at radius 2 is 1.88 bits per heavy atom. The van der Waals surface area contributed by atoms with Crippen molar-refractivity contribution in [3.8, 4) is 0 Å². The lowest BCUT2D eigenvalue weighted by Gasteiger charge is -2.06. The van der Waals surface area contributed by atoms with Gasteiger partial charge in [-0.3, -0.25) is 4.79 Å². The Morgan fingerprint density at radius 1 is 1.25 bits per heavy atom. The van der Waals surface area contributed by atoms with Crippen LogP contribution in [-0.4, -0.2) is 24.7 Å². The van der Waals surface area contributed by atoms with Gasteiger partial charge in [-0.2, -0.15) is 0 Å². The number of hydrogen-bond acceptors (Lipinski definition) is 3. The molecule has 0 bridgehead atoms. The summed E-state index contributed by atoms with van der Waals surface area (Å²) in [6.45, 7) is 3.62. The van der Waals surface area contributed by atoms with E-state index < -0.39 is 21.9 Å². The number of carboxylic acid groups (broad SMARTS) is 1. The van der Waals surface area contributed by atoms with Crippen molar-refractivity contribution in [3.63, 3.8) is 0 Å². The molecule has 0 heterocycles. The van der Waals surface area contributed by atoms with Crippen LogP contribution in [0.1, 0.15) is 44.9 Å².